The second-order valence-electron chi connectivity index (χ2n) is 4.74. The molecule has 0 atom stereocenters. The summed E-state index contributed by atoms with van der Waals surface area (Å²) in [6.45, 7) is 7.81. The molecule has 0 heterocycles. The predicted molar refractivity (Wildman–Crippen MR) is 63.2 cm³/mol. The molecule has 0 aromatic carbocycles. The van der Waals surface area contributed by atoms with E-state index in [9.17, 15) is 9.59 Å². The summed E-state index contributed by atoms with van der Waals surface area (Å²) in [5, 5.41) is 0. The van der Waals surface area contributed by atoms with Gasteiger partial charge in [-0.1, -0.05) is 26.2 Å². The molecule has 15 heavy (non-hydrogen) atoms. The zero-order valence-electron chi connectivity index (χ0n) is 10.3. The lowest BCUT2D eigenvalue weighted by Gasteiger charge is -2.16. The molecule has 0 radical (unpaired) electrons. The second kappa shape index (κ2) is 6.77. The predicted octanol–water partition coefficient (Wildman–Crippen LogP) is 2.90. The highest BCUT2D eigenvalue weighted by Crippen LogP contribution is 2.07. The highest BCUT2D eigenvalue weighted by molar-refractivity contribution is 6.72. The molecule has 0 aromatic rings. The normalized spacial score (nSPS) is 11.2. The molecular weight excluding hydrogens is 208 g/mol. The fourth-order valence-electron chi connectivity index (χ4n) is 1.15. The van der Waals surface area contributed by atoms with Crippen LogP contribution in [0.2, 0.25) is 19.6 Å². The van der Waals surface area contributed by atoms with E-state index in [4.69, 9.17) is 4.43 Å². The van der Waals surface area contributed by atoms with Crippen LogP contribution in [0.25, 0.3) is 0 Å². The molecule has 0 aliphatic rings. The lowest BCUT2D eigenvalue weighted by atomic mass is 10.1. The van der Waals surface area contributed by atoms with Gasteiger partial charge >= 0.3 is 5.97 Å². The Morgan fingerprint density at radius 3 is 2.13 bits per heavy atom. The number of rotatable bonds is 7. The number of hydrogen-bond acceptors (Lipinski definition) is 3. The van der Waals surface area contributed by atoms with Crippen molar-refractivity contribution < 1.29 is 14.0 Å². The molecule has 0 saturated carbocycles. The molecule has 0 aromatic heterocycles. The van der Waals surface area contributed by atoms with Crippen LogP contribution in [0.3, 0.4) is 0 Å². The van der Waals surface area contributed by atoms with Crippen LogP contribution in [0.4, 0.5) is 0 Å². The number of hydrogen-bond donors (Lipinski definition) is 0. The van der Waals surface area contributed by atoms with Crippen molar-refractivity contribution in [1.82, 2.24) is 0 Å². The van der Waals surface area contributed by atoms with Gasteiger partial charge in [0.15, 0.2) is 0 Å². The topological polar surface area (TPSA) is 43.4 Å². The van der Waals surface area contributed by atoms with Gasteiger partial charge in [0.2, 0.25) is 14.1 Å². The monoisotopic (exact) mass is 230 g/mol. The maximum atomic E-state index is 11.3. The van der Waals surface area contributed by atoms with Crippen molar-refractivity contribution in [3.8, 4) is 0 Å². The van der Waals surface area contributed by atoms with Crippen LogP contribution in [0, 0.1) is 0 Å². The molecule has 0 N–H and O–H groups in total. The van der Waals surface area contributed by atoms with Crippen LogP contribution >= 0.6 is 0 Å². The van der Waals surface area contributed by atoms with Crippen molar-refractivity contribution in [2.24, 2.45) is 0 Å². The third kappa shape index (κ3) is 8.36. The number of ketones is 1. The van der Waals surface area contributed by atoms with Gasteiger partial charge in [-0.05, 0) is 26.1 Å². The minimum absolute atomic E-state index is 0.337. The third-order valence-electron chi connectivity index (χ3n) is 1.88. The number of unbranched alkanes of at least 4 members (excludes halogenated alkanes) is 3. The second-order valence-corrected chi connectivity index (χ2v) is 9.16. The molecular formula is C11H22O3Si. The Morgan fingerprint density at radius 2 is 1.67 bits per heavy atom. The molecule has 0 fully saturated rings. The molecule has 0 rings (SSSR count). The third-order valence-corrected chi connectivity index (χ3v) is 2.68. The van der Waals surface area contributed by atoms with E-state index in [0.29, 0.717) is 6.42 Å². The summed E-state index contributed by atoms with van der Waals surface area (Å²) in [4.78, 5) is 22.6. The van der Waals surface area contributed by atoms with E-state index >= 15 is 0 Å². The van der Waals surface area contributed by atoms with E-state index in [1.807, 2.05) is 19.6 Å². The lowest BCUT2D eigenvalue weighted by molar-refractivity contribution is -0.147. The molecule has 4 heteroatoms. The van der Waals surface area contributed by atoms with E-state index in [-0.39, 0.29) is 5.78 Å². The van der Waals surface area contributed by atoms with Crippen molar-refractivity contribution in [2.75, 3.05) is 0 Å². The summed E-state index contributed by atoms with van der Waals surface area (Å²) in [6, 6.07) is 0. The largest absolute Gasteiger partial charge is 0.514 e. The first-order valence-electron chi connectivity index (χ1n) is 5.63. The average molecular weight is 230 g/mol. The SMILES string of the molecule is CCCCCCC(=O)C(=O)O[Si](C)(C)C. The molecule has 88 valence electrons. The summed E-state index contributed by atoms with van der Waals surface area (Å²) in [5.74, 6) is -1.00. The van der Waals surface area contributed by atoms with Gasteiger partial charge in [-0.15, -0.1) is 0 Å². The van der Waals surface area contributed by atoms with Gasteiger partial charge in [0.1, 0.15) is 0 Å². The van der Waals surface area contributed by atoms with Crippen LogP contribution < -0.4 is 0 Å². The Balaban J connectivity index is 3.76. The molecule has 3 nitrogen and oxygen atoms in total. The van der Waals surface area contributed by atoms with Gasteiger partial charge < -0.3 is 4.43 Å². The van der Waals surface area contributed by atoms with E-state index < -0.39 is 14.3 Å². The van der Waals surface area contributed by atoms with E-state index in [1.54, 1.807) is 0 Å². The Kier molecular flexibility index (Phi) is 6.48. The van der Waals surface area contributed by atoms with Crippen LogP contribution in [-0.2, 0) is 14.0 Å². The Labute approximate surface area is 93.3 Å². The van der Waals surface area contributed by atoms with Crippen molar-refractivity contribution in [1.29, 1.82) is 0 Å². The zero-order chi connectivity index (χ0) is 11.9. The molecule has 0 saturated heterocycles. The van der Waals surface area contributed by atoms with Gasteiger partial charge in [-0.25, -0.2) is 4.79 Å². The van der Waals surface area contributed by atoms with E-state index in [2.05, 4.69) is 6.92 Å². The van der Waals surface area contributed by atoms with Gasteiger partial charge in [0.05, 0.1) is 0 Å². The Hall–Kier alpha value is -0.643. The minimum Gasteiger partial charge on any atom is -0.514 e. The van der Waals surface area contributed by atoms with Crippen LogP contribution in [0.15, 0.2) is 0 Å². The lowest BCUT2D eigenvalue weighted by Crippen LogP contribution is -2.32. The quantitative estimate of drug-likeness (QED) is 0.384. The molecule has 0 unspecified atom stereocenters. The van der Waals surface area contributed by atoms with Crippen molar-refractivity contribution in [3.63, 3.8) is 0 Å². The fourth-order valence-corrected chi connectivity index (χ4v) is 1.82. The van der Waals surface area contributed by atoms with Gasteiger partial charge in [-0.3, -0.25) is 4.79 Å². The van der Waals surface area contributed by atoms with E-state index in [1.165, 1.54) is 0 Å². The van der Waals surface area contributed by atoms with Crippen LogP contribution in [0.1, 0.15) is 39.0 Å². The first-order chi connectivity index (χ1) is 6.87. The molecule has 0 aliphatic carbocycles. The average Bonchev–Trinajstić information content (AvgIpc) is 2.09. The van der Waals surface area contributed by atoms with Gasteiger partial charge in [-0.2, -0.15) is 0 Å². The smallest absolute Gasteiger partial charge is 0.361 e. The number of Topliss-reactive ketones (excluding diaryl/α,β-unsaturated/α-hetero) is 1. The highest BCUT2D eigenvalue weighted by Gasteiger charge is 2.24. The molecule has 0 spiro atoms. The van der Waals surface area contributed by atoms with Crippen molar-refractivity contribution in [3.05, 3.63) is 0 Å². The Bertz CT molecular complexity index is 218. The fraction of sp³-hybridized carbons (Fsp3) is 0.818. The first kappa shape index (κ1) is 14.4. The maximum Gasteiger partial charge on any atom is 0.361 e. The van der Waals surface area contributed by atoms with Gasteiger partial charge in [0.25, 0.3) is 0 Å². The Morgan fingerprint density at radius 1 is 1.07 bits per heavy atom. The summed E-state index contributed by atoms with van der Waals surface area (Å²) in [5.41, 5.74) is 0. The van der Waals surface area contributed by atoms with Crippen molar-refractivity contribution >= 4 is 20.1 Å². The zero-order valence-corrected chi connectivity index (χ0v) is 11.3. The number of carbonyl (C=O) groups is 2. The molecule has 0 amide bonds. The standard InChI is InChI=1S/C11H22O3Si/c1-5-6-7-8-9-10(12)11(13)14-15(2,3)4/h5-9H2,1-4H3. The molecule has 0 bridgehead atoms. The van der Waals surface area contributed by atoms with E-state index in [0.717, 1.165) is 25.7 Å². The molecule has 0 aliphatic heterocycles. The first-order valence-corrected chi connectivity index (χ1v) is 9.04. The van der Waals surface area contributed by atoms with Gasteiger partial charge in [0, 0.05) is 6.42 Å². The summed E-state index contributed by atoms with van der Waals surface area (Å²) in [6.07, 6.45) is 4.41. The van der Waals surface area contributed by atoms with Crippen LogP contribution in [0.5, 0.6) is 0 Å². The highest BCUT2D eigenvalue weighted by atomic mass is 28.4. The van der Waals surface area contributed by atoms with Crippen molar-refractivity contribution in [2.45, 2.75) is 58.7 Å². The van der Waals surface area contributed by atoms with Crippen LogP contribution in [-0.4, -0.2) is 20.1 Å². The minimum atomic E-state index is -1.91. The number of carbonyl (C=O) groups excluding carboxylic acids is 2. The summed E-state index contributed by atoms with van der Waals surface area (Å²) < 4.78 is 5.11. The summed E-state index contributed by atoms with van der Waals surface area (Å²) in [7, 11) is -1.91. The maximum absolute atomic E-state index is 11.3. The summed E-state index contributed by atoms with van der Waals surface area (Å²) >= 11 is 0.